The standard InChI is InChI=1S/C24H27N5O2/c1-24(2,3)15-7-9-16(10-8-15)27-22(30)19-6-5-13-25-21(19)26-17-11-12-18-20(14-17)28-29(4)23(18)31/h5-14,18,20,28H,1-4H3,(H,25,26)(H,27,30). The first-order chi connectivity index (χ1) is 14.7. The molecule has 0 spiro atoms. The summed E-state index contributed by atoms with van der Waals surface area (Å²) < 4.78 is 0. The summed E-state index contributed by atoms with van der Waals surface area (Å²) in [4.78, 5) is 29.4. The van der Waals surface area contributed by atoms with Crippen LogP contribution in [0.3, 0.4) is 0 Å². The molecule has 0 saturated carbocycles. The van der Waals surface area contributed by atoms with E-state index in [1.807, 2.05) is 42.5 Å². The van der Waals surface area contributed by atoms with Crippen molar-refractivity contribution in [2.45, 2.75) is 32.2 Å². The molecule has 7 heteroatoms. The third-order valence-electron chi connectivity index (χ3n) is 5.51. The number of hydrogen-bond acceptors (Lipinski definition) is 5. The first-order valence-electron chi connectivity index (χ1n) is 10.3. The topological polar surface area (TPSA) is 86.4 Å². The Kier molecular flexibility index (Phi) is 5.37. The van der Waals surface area contributed by atoms with Gasteiger partial charge in [0.25, 0.3) is 5.91 Å². The third kappa shape index (κ3) is 4.36. The maximum atomic E-state index is 12.9. The number of anilines is 2. The number of nitrogens with zero attached hydrogens (tertiary/aromatic N) is 2. The van der Waals surface area contributed by atoms with E-state index < -0.39 is 0 Å². The van der Waals surface area contributed by atoms with Crippen LogP contribution in [0, 0.1) is 5.92 Å². The lowest BCUT2D eigenvalue weighted by atomic mass is 9.87. The number of hydrogen-bond donors (Lipinski definition) is 3. The number of aromatic nitrogens is 1. The largest absolute Gasteiger partial charge is 0.340 e. The van der Waals surface area contributed by atoms with Gasteiger partial charge in [0.05, 0.1) is 17.5 Å². The lowest BCUT2D eigenvalue weighted by molar-refractivity contribution is -0.130. The minimum atomic E-state index is -0.244. The first kappa shape index (κ1) is 20.8. The van der Waals surface area contributed by atoms with Gasteiger partial charge < -0.3 is 10.6 Å². The SMILES string of the molecule is CN1NC2C=C(Nc3ncccc3C(=O)Nc3ccc(C(C)(C)C)cc3)C=CC2C1=O. The Bertz CT molecular complexity index is 1070. The molecule has 2 unspecified atom stereocenters. The van der Waals surface area contributed by atoms with Gasteiger partial charge in [-0.3, -0.25) is 14.6 Å². The number of carbonyl (C=O) groups is 2. The van der Waals surface area contributed by atoms with Gasteiger partial charge in [0.15, 0.2) is 0 Å². The highest BCUT2D eigenvalue weighted by molar-refractivity contribution is 6.07. The molecule has 4 rings (SSSR count). The van der Waals surface area contributed by atoms with Gasteiger partial charge in [0.1, 0.15) is 5.82 Å². The average molecular weight is 418 g/mol. The molecule has 2 amide bonds. The zero-order valence-electron chi connectivity index (χ0n) is 18.1. The van der Waals surface area contributed by atoms with Crippen molar-refractivity contribution < 1.29 is 9.59 Å². The van der Waals surface area contributed by atoms with Gasteiger partial charge in [-0.05, 0) is 47.4 Å². The molecule has 1 saturated heterocycles. The van der Waals surface area contributed by atoms with Gasteiger partial charge in [0, 0.05) is 24.6 Å². The monoisotopic (exact) mass is 417 g/mol. The molecule has 2 aromatic rings. The number of carbonyl (C=O) groups excluding carboxylic acids is 2. The fourth-order valence-corrected chi connectivity index (χ4v) is 3.70. The Balaban J connectivity index is 1.49. The molecule has 0 bridgehead atoms. The van der Waals surface area contributed by atoms with E-state index >= 15 is 0 Å². The van der Waals surface area contributed by atoms with Gasteiger partial charge in [-0.1, -0.05) is 39.0 Å². The molecular weight excluding hydrogens is 390 g/mol. The molecule has 2 atom stereocenters. The molecule has 1 aromatic carbocycles. The van der Waals surface area contributed by atoms with E-state index in [4.69, 9.17) is 0 Å². The quantitative estimate of drug-likeness (QED) is 0.709. The molecule has 160 valence electrons. The van der Waals surface area contributed by atoms with Crippen LogP contribution in [0.2, 0.25) is 0 Å². The second-order valence-electron chi connectivity index (χ2n) is 8.87. The molecule has 0 radical (unpaired) electrons. The minimum Gasteiger partial charge on any atom is -0.340 e. The van der Waals surface area contributed by atoms with Gasteiger partial charge in [-0.25, -0.2) is 10.4 Å². The van der Waals surface area contributed by atoms with Crippen LogP contribution in [-0.2, 0) is 10.2 Å². The maximum Gasteiger partial charge on any atom is 0.259 e. The number of allylic oxidation sites excluding steroid dienone is 1. The highest BCUT2D eigenvalue weighted by Gasteiger charge is 2.37. The lowest BCUT2D eigenvalue weighted by Crippen LogP contribution is -2.33. The van der Waals surface area contributed by atoms with Crippen molar-refractivity contribution in [3.8, 4) is 0 Å². The van der Waals surface area contributed by atoms with Crippen LogP contribution in [0.5, 0.6) is 0 Å². The average Bonchev–Trinajstić information content (AvgIpc) is 3.01. The number of amides is 2. The summed E-state index contributed by atoms with van der Waals surface area (Å²) in [6, 6.07) is 11.2. The van der Waals surface area contributed by atoms with E-state index in [-0.39, 0.29) is 29.2 Å². The Morgan fingerprint density at radius 1 is 1.16 bits per heavy atom. The summed E-state index contributed by atoms with van der Waals surface area (Å²) in [5.41, 5.74) is 6.32. The second-order valence-corrected chi connectivity index (χ2v) is 8.87. The van der Waals surface area contributed by atoms with Crippen molar-refractivity contribution in [2.75, 3.05) is 17.7 Å². The van der Waals surface area contributed by atoms with E-state index in [9.17, 15) is 9.59 Å². The van der Waals surface area contributed by atoms with Gasteiger partial charge >= 0.3 is 0 Å². The first-order valence-corrected chi connectivity index (χ1v) is 10.3. The minimum absolute atomic E-state index is 0.0342. The van der Waals surface area contributed by atoms with Crippen LogP contribution in [0.25, 0.3) is 0 Å². The number of fused-ring (bicyclic) bond motifs is 1. The molecule has 7 nitrogen and oxygen atoms in total. The van der Waals surface area contributed by atoms with Crippen LogP contribution >= 0.6 is 0 Å². The predicted octanol–water partition coefficient (Wildman–Crippen LogP) is 3.46. The highest BCUT2D eigenvalue weighted by atomic mass is 16.2. The van der Waals surface area contributed by atoms with Crippen molar-refractivity contribution in [3.05, 3.63) is 77.6 Å². The van der Waals surface area contributed by atoms with Crippen LogP contribution < -0.4 is 16.1 Å². The van der Waals surface area contributed by atoms with E-state index in [2.05, 4.69) is 41.8 Å². The van der Waals surface area contributed by atoms with Crippen LogP contribution in [0.15, 0.2) is 66.5 Å². The van der Waals surface area contributed by atoms with Crippen LogP contribution in [-0.4, -0.2) is 34.9 Å². The van der Waals surface area contributed by atoms with Crippen molar-refractivity contribution in [1.82, 2.24) is 15.4 Å². The molecule has 2 heterocycles. The van der Waals surface area contributed by atoms with Crippen molar-refractivity contribution in [1.29, 1.82) is 0 Å². The molecule has 3 N–H and O–H groups in total. The molecule has 2 aliphatic rings. The van der Waals surface area contributed by atoms with Crippen molar-refractivity contribution in [2.24, 2.45) is 5.92 Å². The van der Waals surface area contributed by atoms with E-state index in [1.165, 1.54) is 10.6 Å². The highest BCUT2D eigenvalue weighted by Crippen LogP contribution is 2.26. The number of hydrazine groups is 1. The third-order valence-corrected chi connectivity index (χ3v) is 5.51. The number of rotatable bonds is 4. The fraction of sp³-hybridized carbons (Fsp3) is 0.292. The van der Waals surface area contributed by atoms with Gasteiger partial charge in [-0.2, -0.15) is 0 Å². The molecular formula is C24H27N5O2. The molecule has 31 heavy (non-hydrogen) atoms. The van der Waals surface area contributed by atoms with Gasteiger partial charge in [0.2, 0.25) is 5.91 Å². The van der Waals surface area contributed by atoms with Crippen LogP contribution in [0.1, 0.15) is 36.7 Å². The van der Waals surface area contributed by atoms with Crippen molar-refractivity contribution in [3.63, 3.8) is 0 Å². The Morgan fingerprint density at radius 2 is 1.90 bits per heavy atom. The normalized spacial score (nSPS) is 20.3. The van der Waals surface area contributed by atoms with Crippen LogP contribution in [0.4, 0.5) is 11.5 Å². The van der Waals surface area contributed by atoms with E-state index in [0.717, 1.165) is 11.4 Å². The molecule has 1 aliphatic carbocycles. The van der Waals surface area contributed by atoms with Crippen molar-refractivity contribution >= 4 is 23.3 Å². The Morgan fingerprint density at radius 3 is 2.61 bits per heavy atom. The van der Waals surface area contributed by atoms with E-state index in [0.29, 0.717) is 11.4 Å². The summed E-state index contributed by atoms with van der Waals surface area (Å²) in [6.45, 7) is 6.46. The summed E-state index contributed by atoms with van der Waals surface area (Å²) in [7, 11) is 1.71. The Labute approximate surface area is 182 Å². The lowest BCUT2D eigenvalue weighted by Gasteiger charge is -2.19. The second kappa shape index (κ2) is 8.00. The summed E-state index contributed by atoms with van der Waals surface area (Å²) in [6.07, 6.45) is 7.29. The maximum absolute atomic E-state index is 12.9. The van der Waals surface area contributed by atoms with Gasteiger partial charge in [-0.15, -0.1) is 0 Å². The smallest absolute Gasteiger partial charge is 0.259 e. The molecule has 1 aromatic heterocycles. The number of benzene rings is 1. The zero-order valence-corrected chi connectivity index (χ0v) is 18.1. The summed E-state index contributed by atoms with van der Waals surface area (Å²) in [5, 5.41) is 7.67. The molecule has 1 fully saturated rings. The fourth-order valence-electron chi connectivity index (χ4n) is 3.70. The predicted molar refractivity (Wildman–Crippen MR) is 121 cm³/mol. The Hall–Kier alpha value is -3.45. The van der Waals surface area contributed by atoms with E-state index in [1.54, 1.807) is 25.4 Å². The number of nitrogens with one attached hydrogen (secondary N) is 3. The summed E-state index contributed by atoms with van der Waals surface area (Å²) in [5.74, 6) is 0.0367. The molecule has 1 aliphatic heterocycles. The number of pyridine rings is 1. The zero-order chi connectivity index (χ0) is 22.2. The summed E-state index contributed by atoms with van der Waals surface area (Å²) >= 11 is 0.